The molecule has 0 aromatic heterocycles. The topological polar surface area (TPSA) is 67.5 Å². The van der Waals surface area contributed by atoms with Crippen LogP contribution in [-0.2, 0) is 0 Å². The average molecular weight is 285 g/mol. The zero-order chi connectivity index (χ0) is 14.4. The van der Waals surface area contributed by atoms with E-state index in [0.717, 1.165) is 0 Å². The maximum absolute atomic E-state index is 9.28. The van der Waals surface area contributed by atoms with Crippen molar-refractivity contribution in [1.82, 2.24) is 5.48 Å². The summed E-state index contributed by atoms with van der Waals surface area (Å²) in [6.07, 6.45) is -0.0238. The van der Waals surface area contributed by atoms with Gasteiger partial charge in [0.1, 0.15) is 11.9 Å². The minimum absolute atomic E-state index is 0.0192. The fourth-order valence-corrected chi connectivity index (χ4v) is 3.65. The molecule has 0 amide bonds. The van der Waals surface area contributed by atoms with Crippen molar-refractivity contribution in [2.24, 2.45) is 10.8 Å². The summed E-state index contributed by atoms with van der Waals surface area (Å²) in [7, 11) is 0. The van der Waals surface area contributed by atoms with Crippen LogP contribution >= 0.6 is 11.6 Å². The monoisotopic (exact) mass is 284 g/mol. The lowest BCUT2D eigenvalue weighted by atomic mass is 9.49. The van der Waals surface area contributed by atoms with Crippen LogP contribution in [0.4, 0.5) is 5.69 Å². The summed E-state index contributed by atoms with van der Waals surface area (Å²) < 4.78 is 6.06. The molecule has 0 bridgehead atoms. The normalized spacial score (nSPS) is 27.7. The van der Waals surface area contributed by atoms with Gasteiger partial charge >= 0.3 is 0 Å². The second-order valence-corrected chi connectivity index (χ2v) is 6.79. The highest BCUT2D eigenvalue weighted by Crippen LogP contribution is 2.55. The van der Waals surface area contributed by atoms with E-state index in [9.17, 15) is 5.21 Å². The molecule has 1 saturated carbocycles. The summed E-state index contributed by atoms with van der Waals surface area (Å²) in [4.78, 5) is 0. The van der Waals surface area contributed by atoms with E-state index in [-0.39, 0.29) is 23.0 Å². The van der Waals surface area contributed by atoms with E-state index in [0.29, 0.717) is 16.5 Å². The molecule has 1 fully saturated rings. The Labute approximate surface area is 118 Å². The van der Waals surface area contributed by atoms with Crippen LogP contribution in [0.15, 0.2) is 18.2 Å². The molecule has 5 heteroatoms. The van der Waals surface area contributed by atoms with Crippen molar-refractivity contribution in [3.05, 3.63) is 23.2 Å². The van der Waals surface area contributed by atoms with Gasteiger partial charge in [0.05, 0.1) is 10.7 Å². The van der Waals surface area contributed by atoms with Gasteiger partial charge in [0, 0.05) is 22.9 Å². The van der Waals surface area contributed by atoms with Crippen LogP contribution in [0.25, 0.3) is 0 Å². The van der Waals surface area contributed by atoms with Crippen molar-refractivity contribution in [3.8, 4) is 5.75 Å². The molecule has 0 aliphatic heterocycles. The second kappa shape index (κ2) is 4.54. The molecule has 2 rings (SSSR count). The minimum atomic E-state index is -0.174. The van der Waals surface area contributed by atoms with Crippen molar-refractivity contribution in [1.29, 1.82) is 0 Å². The zero-order valence-corrected chi connectivity index (χ0v) is 12.5. The predicted molar refractivity (Wildman–Crippen MR) is 76.6 cm³/mol. The fraction of sp³-hybridized carbons (Fsp3) is 0.571. The van der Waals surface area contributed by atoms with E-state index >= 15 is 0 Å². The molecule has 106 valence electrons. The minimum Gasteiger partial charge on any atom is -0.489 e. The molecule has 1 aliphatic carbocycles. The molecule has 0 spiro atoms. The number of hydrogen-bond acceptors (Lipinski definition) is 4. The van der Waals surface area contributed by atoms with Crippen molar-refractivity contribution < 1.29 is 9.94 Å². The predicted octanol–water partition coefficient (Wildman–Crippen LogP) is 3.08. The third-order valence-corrected chi connectivity index (χ3v) is 4.52. The van der Waals surface area contributed by atoms with E-state index < -0.39 is 0 Å². The summed E-state index contributed by atoms with van der Waals surface area (Å²) in [5.74, 6) is 0.696. The quantitative estimate of drug-likeness (QED) is 0.589. The fourth-order valence-electron chi connectivity index (χ4n) is 3.48. The Morgan fingerprint density at radius 2 is 1.84 bits per heavy atom. The third kappa shape index (κ3) is 2.18. The average Bonchev–Trinajstić information content (AvgIpc) is 2.30. The summed E-state index contributed by atoms with van der Waals surface area (Å²) in [5, 5.41) is 9.77. The number of nitrogen functional groups attached to an aromatic ring is 1. The molecule has 4 nitrogen and oxygen atoms in total. The number of hydroxylamine groups is 1. The van der Waals surface area contributed by atoms with Gasteiger partial charge in [-0.1, -0.05) is 39.3 Å². The van der Waals surface area contributed by atoms with Gasteiger partial charge in [-0.2, -0.15) is 0 Å². The molecule has 0 radical (unpaired) electrons. The van der Waals surface area contributed by atoms with Crippen LogP contribution in [0.2, 0.25) is 5.02 Å². The van der Waals surface area contributed by atoms with Crippen molar-refractivity contribution in [2.45, 2.75) is 39.8 Å². The number of nitrogens with two attached hydrogens (primary N) is 1. The summed E-state index contributed by atoms with van der Waals surface area (Å²) in [5.41, 5.74) is 8.27. The van der Waals surface area contributed by atoms with Crippen LogP contribution in [0.3, 0.4) is 0 Å². The largest absolute Gasteiger partial charge is 0.489 e. The van der Waals surface area contributed by atoms with Gasteiger partial charge in [0.25, 0.3) is 0 Å². The number of nitrogens with one attached hydrogen (secondary N) is 1. The SMILES string of the molecule is CC1(C)[C@H](NO)C(C)(C)[C@H]1Oc1ccc(N)c(Cl)c1. The van der Waals surface area contributed by atoms with Crippen molar-refractivity contribution >= 4 is 17.3 Å². The van der Waals surface area contributed by atoms with Crippen LogP contribution < -0.4 is 16.0 Å². The first-order chi connectivity index (χ1) is 8.71. The number of anilines is 1. The number of halogens is 1. The van der Waals surface area contributed by atoms with Gasteiger partial charge in [-0.15, -0.1) is 0 Å². The number of rotatable bonds is 3. The standard InChI is InChI=1S/C14H21ClN2O2/c1-13(2)11(17-18)14(3,4)12(13)19-8-5-6-10(16)9(15)7-8/h5-7,11-12,17-18H,16H2,1-4H3/t11-,12-. The Balaban J connectivity index is 2.21. The van der Waals surface area contributed by atoms with E-state index in [1.54, 1.807) is 12.1 Å². The summed E-state index contributed by atoms with van der Waals surface area (Å²) >= 11 is 6.00. The Morgan fingerprint density at radius 3 is 2.32 bits per heavy atom. The van der Waals surface area contributed by atoms with Crippen LogP contribution in [0, 0.1) is 10.8 Å². The van der Waals surface area contributed by atoms with Gasteiger partial charge in [0.2, 0.25) is 0 Å². The molecular formula is C14H21ClN2O2. The van der Waals surface area contributed by atoms with Gasteiger partial charge in [-0.25, -0.2) is 5.48 Å². The highest BCUT2D eigenvalue weighted by Gasteiger charge is 2.63. The number of hydrogen-bond donors (Lipinski definition) is 3. The first kappa shape index (κ1) is 14.4. The lowest BCUT2D eigenvalue weighted by Crippen LogP contribution is -2.73. The lowest BCUT2D eigenvalue weighted by Gasteiger charge is -2.62. The highest BCUT2D eigenvalue weighted by atomic mass is 35.5. The molecule has 19 heavy (non-hydrogen) atoms. The van der Waals surface area contributed by atoms with Crippen LogP contribution in [0.1, 0.15) is 27.7 Å². The van der Waals surface area contributed by atoms with E-state index in [1.165, 1.54) is 0 Å². The lowest BCUT2D eigenvalue weighted by molar-refractivity contribution is -0.197. The van der Waals surface area contributed by atoms with Gasteiger partial charge in [0.15, 0.2) is 0 Å². The maximum Gasteiger partial charge on any atom is 0.121 e. The summed E-state index contributed by atoms with van der Waals surface area (Å²) in [6, 6.07) is 5.25. The van der Waals surface area contributed by atoms with E-state index in [1.807, 2.05) is 6.07 Å². The Kier molecular flexibility index (Phi) is 3.45. The number of benzene rings is 1. The summed E-state index contributed by atoms with van der Waals surface area (Å²) in [6.45, 7) is 8.26. The Morgan fingerprint density at radius 1 is 1.26 bits per heavy atom. The molecule has 1 aromatic carbocycles. The molecular weight excluding hydrogens is 264 g/mol. The van der Waals surface area contributed by atoms with Crippen molar-refractivity contribution in [3.63, 3.8) is 0 Å². The number of ether oxygens (including phenoxy) is 1. The first-order valence-electron chi connectivity index (χ1n) is 6.32. The second-order valence-electron chi connectivity index (χ2n) is 6.39. The zero-order valence-electron chi connectivity index (χ0n) is 11.7. The van der Waals surface area contributed by atoms with Crippen LogP contribution in [0.5, 0.6) is 5.75 Å². The van der Waals surface area contributed by atoms with Crippen molar-refractivity contribution in [2.75, 3.05) is 5.73 Å². The van der Waals surface area contributed by atoms with Gasteiger partial charge in [-0.3, -0.25) is 0 Å². The molecule has 0 saturated heterocycles. The Bertz CT molecular complexity index is 472. The molecule has 1 aliphatic rings. The molecule has 0 heterocycles. The van der Waals surface area contributed by atoms with Crippen LogP contribution in [-0.4, -0.2) is 17.4 Å². The van der Waals surface area contributed by atoms with Gasteiger partial charge < -0.3 is 15.7 Å². The maximum atomic E-state index is 9.28. The third-order valence-electron chi connectivity index (χ3n) is 4.19. The van der Waals surface area contributed by atoms with Gasteiger partial charge in [-0.05, 0) is 12.1 Å². The molecule has 1 aromatic rings. The van der Waals surface area contributed by atoms with E-state index in [4.69, 9.17) is 22.1 Å². The van der Waals surface area contributed by atoms with E-state index in [2.05, 4.69) is 33.2 Å². The highest BCUT2D eigenvalue weighted by molar-refractivity contribution is 6.33. The smallest absolute Gasteiger partial charge is 0.121 e. The molecule has 0 atom stereocenters. The molecule has 0 unspecified atom stereocenters. The first-order valence-corrected chi connectivity index (χ1v) is 6.70. The molecule has 4 N–H and O–H groups in total. The Hall–Kier alpha value is -0.970.